The van der Waals surface area contributed by atoms with Crippen molar-refractivity contribution in [1.29, 1.82) is 0 Å². The number of carboxylic acids is 1. The monoisotopic (exact) mass is 262 g/mol. The lowest BCUT2D eigenvalue weighted by Gasteiger charge is -2.07. The van der Waals surface area contributed by atoms with Crippen molar-refractivity contribution in [2.75, 3.05) is 17.2 Å². The molecule has 98 valence electrons. The third kappa shape index (κ3) is 3.63. The highest BCUT2D eigenvalue weighted by atomic mass is 19.1. The second kappa shape index (κ2) is 5.76. The van der Waals surface area contributed by atoms with E-state index in [-0.39, 0.29) is 6.54 Å². The van der Waals surface area contributed by atoms with Crippen LogP contribution in [-0.4, -0.2) is 27.6 Å². The van der Waals surface area contributed by atoms with Gasteiger partial charge in [0, 0.05) is 0 Å². The number of para-hydroxylation sites is 1. The van der Waals surface area contributed by atoms with Crippen LogP contribution in [-0.2, 0) is 4.79 Å². The third-order valence-electron chi connectivity index (χ3n) is 2.21. The number of carbonyl (C=O) groups is 1. The van der Waals surface area contributed by atoms with Gasteiger partial charge in [-0.15, -0.1) is 0 Å². The Hall–Kier alpha value is -2.70. The lowest BCUT2D eigenvalue weighted by atomic mass is 10.3. The number of hydrogen-bond donors (Lipinski definition) is 3. The SMILES string of the molecule is O=C(O)CNc1cnc(Nc2ccccc2F)cn1. The smallest absolute Gasteiger partial charge is 0.322 e. The third-order valence-corrected chi connectivity index (χ3v) is 2.21. The minimum atomic E-state index is -0.990. The van der Waals surface area contributed by atoms with E-state index in [0.29, 0.717) is 17.3 Å². The van der Waals surface area contributed by atoms with E-state index in [9.17, 15) is 9.18 Å². The molecule has 0 saturated carbocycles. The number of aliphatic carboxylic acids is 1. The van der Waals surface area contributed by atoms with Crippen molar-refractivity contribution >= 4 is 23.3 Å². The number of anilines is 3. The molecule has 0 fully saturated rings. The van der Waals surface area contributed by atoms with Gasteiger partial charge in [-0.1, -0.05) is 12.1 Å². The predicted molar refractivity (Wildman–Crippen MR) is 67.8 cm³/mol. The molecular formula is C12H11FN4O2. The van der Waals surface area contributed by atoms with Crippen molar-refractivity contribution in [2.24, 2.45) is 0 Å². The first-order chi connectivity index (χ1) is 9.15. The van der Waals surface area contributed by atoms with Crippen LogP contribution in [0.2, 0.25) is 0 Å². The Morgan fingerprint density at radius 2 is 1.89 bits per heavy atom. The molecule has 2 rings (SSSR count). The Balaban J connectivity index is 2.03. The van der Waals surface area contributed by atoms with Crippen LogP contribution in [0.15, 0.2) is 36.7 Å². The Morgan fingerprint density at radius 1 is 1.21 bits per heavy atom. The first-order valence-electron chi connectivity index (χ1n) is 5.44. The number of aromatic nitrogens is 2. The summed E-state index contributed by atoms with van der Waals surface area (Å²) in [7, 11) is 0. The molecule has 0 amide bonds. The van der Waals surface area contributed by atoms with Crippen molar-refractivity contribution in [1.82, 2.24) is 9.97 Å². The van der Waals surface area contributed by atoms with Crippen LogP contribution in [0.25, 0.3) is 0 Å². The summed E-state index contributed by atoms with van der Waals surface area (Å²) in [4.78, 5) is 18.3. The van der Waals surface area contributed by atoms with E-state index >= 15 is 0 Å². The first-order valence-corrected chi connectivity index (χ1v) is 5.44. The largest absolute Gasteiger partial charge is 0.480 e. The number of hydrogen-bond acceptors (Lipinski definition) is 5. The molecule has 7 heteroatoms. The van der Waals surface area contributed by atoms with Crippen LogP contribution in [0.3, 0.4) is 0 Å². The van der Waals surface area contributed by atoms with Crippen molar-refractivity contribution < 1.29 is 14.3 Å². The van der Waals surface area contributed by atoms with E-state index < -0.39 is 11.8 Å². The highest BCUT2D eigenvalue weighted by Gasteiger charge is 2.03. The molecule has 0 spiro atoms. The molecule has 0 saturated heterocycles. The number of rotatable bonds is 5. The molecule has 0 bridgehead atoms. The highest BCUT2D eigenvalue weighted by molar-refractivity contribution is 5.72. The van der Waals surface area contributed by atoms with Gasteiger partial charge in [0.05, 0.1) is 18.1 Å². The van der Waals surface area contributed by atoms with E-state index in [0.717, 1.165) is 0 Å². The molecule has 0 aliphatic heterocycles. The lowest BCUT2D eigenvalue weighted by molar-refractivity contribution is -0.134. The van der Waals surface area contributed by atoms with Gasteiger partial charge in [-0.05, 0) is 12.1 Å². The van der Waals surface area contributed by atoms with Gasteiger partial charge in [0.15, 0.2) is 0 Å². The van der Waals surface area contributed by atoms with Crippen molar-refractivity contribution in [3.63, 3.8) is 0 Å². The average molecular weight is 262 g/mol. The lowest BCUT2D eigenvalue weighted by Crippen LogP contribution is -2.13. The molecule has 0 radical (unpaired) electrons. The second-order valence-corrected chi connectivity index (χ2v) is 3.64. The average Bonchev–Trinajstić information content (AvgIpc) is 2.40. The fraction of sp³-hybridized carbons (Fsp3) is 0.0833. The van der Waals surface area contributed by atoms with Crippen LogP contribution < -0.4 is 10.6 Å². The van der Waals surface area contributed by atoms with Crippen molar-refractivity contribution in [3.05, 3.63) is 42.5 Å². The van der Waals surface area contributed by atoms with Crippen LogP contribution in [0.4, 0.5) is 21.7 Å². The van der Waals surface area contributed by atoms with E-state index in [1.54, 1.807) is 18.2 Å². The molecule has 0 aliphatic carbocycles. The van der Waals surface area contributed by atoms with Crippen LogP contribution in [0, 0.1) is 5.82 Å². The van der Waals surface area contributed by atoms with Crippen LogP contribution in [0.1, 0.15) is 0 Å². The molecule has 19 heavy (non-hydrogen) atoms. The highest BCUT2D eigenvalue weighted by Crippen LogP contribution is 2.17. The van der Waals surface area contributed by atoms with Gasteiger partial charge < -0.3 is 15.7 Å². The summed E-state index contributed by atoms with van der Waals surface area (Å²) in [5, 5.41) is 13.8. The normalized spacial score (nSPS) is 9.95. The van der Waals surface area contributed by atoms with Crippen molar-refractivity contribution in [3.8, 4) is 0 Å². The molecule has 6 nitrogen and oxygen atoms in total. The summed E-state index contributed by atoms with van der Waals surface area (Å²) in [6.45, 7) is -0.241. The molecule has 1 aromatic heterocycles. The maximum absolute atomic E-state index is 13.4. The summed E-state index contributed by atoms with van der Waals surface area (Å²) >= 11 is 0. The van der Waals surface area contributed by atoms with E-state index in [2.05, 4.69) is 20.6 Å². The predicted octanol–water partition coefficient (Wildman–Crippen LogP) is 1.86. The first kappa shape index (κ1) is 12.7. The number of halogens is 1. The molecule has 2 aromatic rings. The zero-order valence-electron chi connectivity index (χ0n) is 9.80. The van der Waals surface area contributed by atoms with Gasteiger partial charge in [0.1, 0.15) is 24.0 Å². The molecule has 1 aromatic carbocycles. The van der Waals surface area contributed by atoms with Crippen LogP contribution >= 0.6 is 0 Å². The summed E-state index contributed by atoms with van der Waals surface area (Å²) in [5.74, 6) is -0.680. The molecule has 3 N–H and O–H groups in total. The summed E-state index contributed by atoms with van der Waals surface area (Å²) in [5.41, 5.74) is 0.294. The number of benzene rings is 1. The molecular weight excluding hydrogens is 251 g/mol. The van der Waals surface area contributed by atoms with E-state index in [1.807, 2.05) is 0 Å². The molecule has 1 heterocycles. The fourth-order valence-corrected chi connectivity index (χ4v) is 1.35. The Labute approximate surface area is 108 Å². The van der Waals surface area contributed by atoms with Gasteiger partial charge in [0.25, 0.3) is 0 Å². The van der Waals surface area contributed by atoms with Gasteiger partial charge in [-0.2, -0.15) is 0 Å². The quantitative estimate of drug-likeness (QED) is 0.762. The maximum atomic E-state index is 13.4. The molecule has 0 unspecified atom stereocenters. The topological polar surface area (TPSA) is 87.1 Å². The number of carboxylic acid groups (broad SMARTS) is 1. The van der Waals surface area contributed by atoms with Gasteiger partial charge >= 0.3 is 5.97 Å². The minimum absolute atomic E-state index is 0.241. The molecule has 0 atom stereocenters. The summed E-state index contributed by atoms with van der Waals surface area (Å²) in [6, 6.07) is 6.19. The van der Waals surface area contributed by atoms with Gasteiger partial charge in [-0.25, -0.2) is 14.4 Å². The molecule has 0 aliphatic rings. The summed E-state index contributed by atoms with van der Waals surface area (Å²) < 4.78 is 13.4. The zero-order chi connectivity index (χ0) is 13.7. The van der Waals surface area contributed by atoms with Gasteiger partial charge in [0.2, 0.25) is 0 Å². The Morgan fingerprint density at radius 3 is 2.53 bits per heavy atom. The zero-order valence-corrected chi connectivity index (χ0v) is 9.80. The maximum Gasteiger partial charge on any atom is 0.322 e. The number of nitrogens with one attached hydrogen (secondary N) is 2. The Kier molecular flexibility index (Phi) is 3.87. The van der Waals surface area contributed by atoms with E-state index in [4.69, 9.17) is 5.11 Å². The second-order valence-electron chi connectivity index (χ2n) is 3.64. The van der Waals surface area contributed by atoms with E-state index in [1.165, 1.54) is 18.5 Å². The van der Waals surface area contributed by atoms with Crippen LogP contribution in [0.5, 0.6) is 0 Å². The summed E-state index contributed by atoms with van der Waals surface area (Å²) in [6.07, 6.45) is 2.75. The minimum Gasteiger partial charge on any atom is -0.480 e. The Bertz CT molecular complexity index is 574. The number of nitrogens with zero attached hydrogens (tertiary/aromatic N) is 2. The van der Waals surface area contributed by atoms with Gasteiger partial charge in [-0.3, -0.25) is 4.79 Å². The standard InChI is InChI=1S/C12H11FN4O2/c13-8-3-1-2-4-9(8)17-11-6-14-10(5-15-11)16-7-12(18)19/h1-6H,7H2,(H,14,16)(H,15,17)(H,18,19). The van der Waals surface area contributed by atoms with Crippen molar-refractivity contribution in [2.45, 2.75) is 0 Å². The fourth-order valence-electron chi connectivity index (χ4n) is 1.35.